The van der Waals surface area contributed by atoms with Gasteiger partial charge < -0.3 is 5.32 Å². The van der Waals surface area contributed by atoms with Crippen molar-refractivity contribution >= 4 is 38.7 Å². The molecule has 9 heteroatoms. The first-order valence-electron chi connectivity index (χ1n) is 9.12. The predicted molar refractivity (Wildman–Crippen MR) is 107 cm³/mol. The Labute approximate surface area is 167 Å². The van der Waals surface area contributed by atoms with E-state index in [9.17, 15) is 13.2 Å². The zero-order valence-electron chi connectivity index (χ0n) is 15.1. The molecule has 1 N–H and O–H groups in total. The number of nitrogens with one attached hydrogen (secondary N) is 1. The van der Waals surface area contributed by atoms with Gasteiger partial charge >= 0.3 is 0 Å². The van der Waals surface area contributed by atoms with Crippen LogP contribution >= 0.6 is 11.7 Å². The lowest BCUT2D eigenvalue weighted by molar-refractivity contribution is -0.124. The van der Waals surface area contributed by atoms with E-state index in [0.717, 1.165) is 17.3 Å². The number of carbonyl (C=O) groups is 1. The van der Waals surface area contributed by atoms with E-state index in [1.807, 2.05) is 30.3 Å². The summed E-state index contributed by atoms with van der Waals surface area (Å²) >= 11 is 0.980. The van der Waals surface area contributed by atoms with Gasteiger partial charge in [-0.05, 0) is 37.0 Å². The van der Waals surface area contributed by atoms with Crippen molar-refractivity contribution in [3.8, 4) is 0 Å². The highest BCUT2D eigenvalue weighted by atomic mass is 32.2. The van der Waals surface area contributed by atoms with Gasteiger partial charge in [0, 0.05) is 13.1 Å². The third-order valence-corrected chi connectivity index (χ3v) is 7.38. The van der Waals surface area contributed by atoms with Crippen molar-refractivity contribution < 1.29 is 13.2 Å². The average molecular weight is 417 g/mol. The molecule has 3 aromatic rings. The first-order chi connectivity index (χ1) is 13.6. The van der Waals surface area contributed by atoms with Gasteiger partial charge in [-0.3, -0.25) is 4.79 Å². The first kappa shape index (κ1) is 19.0. The zero-order chi connectivity index (χ0) is 19.6. The van der Waals surface area contributed by atoms with Crippen LogP contribution in [0.25, 0.3) is 11.0 Å². The maximum atomic E-state index is 13.2. The molecule has 0 saturated carbocycles. The number of benzene rings is 2. The molecule has 2 aromatic carbocycles. The van der Waals surface area contributed by atoms with Crippen molar-refractivity contribution in [3.63, 3.8) is 0 Å². The van der Waals surface area contributed by atoms with Gasteiger partial charge in [-0.15, -0.1) is 0 Å². The Kier molecular flexibility index (Phi) is 5.38. The summed E-state index contributed by atoms with van der Waals surface area (Å²) in [4.78, 5) is 12.8. The smallest absolute Gasteiger partial charge is 0.246 e. The van der Waals surface area contributed by atoms with Crippen LogP contribution in [0.4, 0.5) is 0 Å². The summed E-state index contributed by atoms with van der Waals surface area (Å²) < 4.78 is 36.0. The molecule has 7 nitrogen and oxygen atoms in total. The summed E-state index contributed by atoms with van der Waals surface area (Å²) in [6.45, 7) is 0.798. The summed E-state index contributed by atoms with van der Waals surface area (Å²) in [6, 6.07) is 14.1. The molecule has 1 fully saturated rings. The Morgan fingerprint density at radius 3 is 2.79 bits per heavy atom. The number of hydrogen-bond acceptors (Lipinski definition) is 6. The number of rotatable bonds is 6. The van der Waals surface area contributed by atoms with E-state index >= 15 is 0 Å². The third kappa shape index (κ3) is 3.65. The minimum atomic E-state index is -3.83. The molecular formula is C19H20N4O3S2. The van der Waals surface area contributed by atoms with Crippen LogP contribution in [0.5, 0.6) is 0 Å². The average Bonchev–Trinajstić information content (AvgIpc) is 3.38. The molecule has 28 heavy (non-hydrogen) atoms. The number of nitrogens with zero attached hydrogens (tertiary/aromatic N) is 3. The maximum absolute atomic E-state index is 13.2. The Morgan fingerprint density at radius 2 is 1.96 bits per heavy atom. The standard InChI is InChI=1S/C19H20N4O3S2/c24-19(20-12-11-14-6-2-1-3-7-14)16-9-5-13-23(16)28(25,26)17-10-4-8-15-18(17)22-27-21-15/h1-4,6-8,10,16H,5,9,11-13H2,(H,20,24). The Morgan fingerprint density at radius 1 is 1.14 bits per heavy atom. The minimum absolute atomic E-state index is 0.114. The van der Waals surface area contributed by atoms with Gasteiger partial charge in [0.05, 0.1) is 11.7 Å². The third-order valence-electron chi connectivity index (χ3n) is 4.90. The van der Waals surface area contributed by atoms with Crippen LogP contribution in [0.1, 0.15) is 18.4 Å². The van der Waals surface area contributed by atoms with E-state index in [1.54, 1.807) is 12.1 Å². The summed E-state index contributed by atoms with van der Waals surface area (Å²) in [6.07, 6.45) is 1.87. The second-order valence-electron chi connectivity index (χ2n) is 6.69. The summed E-state index contributed by atoms with van der Waals surface area (Å²) in [7, 11) is -3.83. The molecular weight excluding hydrogens is 396 g/mol. The number of hydrogen-bond donors (Lipinski definition) is 1. The van der Waals surface area contributed by atoms with E-state index in [0.29, 0.717) is 43.4 Å². The molecule has 1 saturated heterocycles. The molecule has 1 unspecified atom stereocenters. The van der Waals surface area contributed by atoms with Crippen LogP contribution in [-0.4, -0.2) is 46.5 Å². The second kappa shape index (κ2) is 7.94. The largest absolute Gasteiger partial charge is 0.354 e. The fourth-order valence-electron chi connectivity index (χ4n) is 3.50. The predicted octanol–water partition coefficient (Wildman–Crippen LogP) is 2.20. The molecule has 1 aliphatic heterocycles. The monoisotopic (exact) mass is 416 g/mol. The van der Waals surface area contributed by atoms with Crippen LogP contribution < -0.4 is 5.32 Å². The van der Waals surface area contributed by atoms with Crippen LogP contribution in [0.15, 0.2) is 53.4 Å². The van der Waals surface area contributed by atoms with Crippen molar-refractivity contribution in [1.82, 2.24) is 18.4 Å². The molecule has 1 aromatic heterocycles. The number of amides is 1. The molecule has 0 radical (unpaired) electrons. The van der Waals surface area contributed by atoms with E-state index < -0.39 is 16.1 Å². The highest BCUT2D eigenvalue weighted by Crippen LogP contribution is 2.30. The lowest BCUT2D eigenvalue weighted by Crippen LogP contribution is -2.46. The van der Waals surface area contributed by atoms with Gasteiger partial charge in [-0.25, -0.2) is 8.42 Å². The van der Waals surface area contributed by atoms with Gasteiger partial charge in [0.25, 0.3) is 0 Å². The van der Waals surface area contributed by atoms with E-state index in [4.69, 9.17) is 0 Å². The van der Waals surface area contributed by atoms with E-state index in [-0.39, 0.29) is 10.8 Å². The molecule has 146 valence electrons. The molecule has 4 rings (SSSR count). The molecule has 0 spiro atoms. The molecule has 0 bridgehead atoms. The fraction of sp³-hybridized carbons (Fsp3) is 0.316. The lowest BCUT2D eigenvalue weighted by atomic mass is 10.1. The highest BCUT2D eigenvalue weighted by molar-refractivity contribution is 7.89. The Bertz CT molecular complexity index is 1080. The number of sulfonamides is 1. The topological polar surface area (TPSA) is 92.3 Å². The Balaban J connectivity index is 1.49. The van der Waals surface area contributed by atoms with Crippen LogP contribution in [0.3, 0.4) is 0 Å². The number of aromatic nitrogens is 2. The van der Waals surface area contributed by atoms with Gasteiger partial charge in [0.15, 0.2) is 0 Å². The van der Waals surface area contributed by atoms with E-state index in [2.05, 4.69) is 14.1 Å². The zero-order valence-corrected chi connectivity index (χ0v) is 16.7. The Hall–Kier alpha value is -2.36. The van der Waals surface area contributed by atoms with Gasteiger partial charge in [-0.2, -0.15) is 13.1 Å². The van der Waals surface area contributed by atoms with Crippen molar-refractivity contribution in [3.05, 3.63) is 54.1 Å². The SMILES string of the molecule is O=C(NCCc1ccccc1)C1CCCN1S(=O)(=O)c1cccc2nsnc12. The normalized spacial score (nSPS) is 17.8. The van der Waals surface area contributed by atoms with Gasteiger partial charge in [0.1, 0.15) is 22.0 Å². The van der Waals surface area contributed by atoms with E-state index in [1.165, 1.54) is 10.4 Å². The molecule has 2 heterocycles. The minimum Gasteiger partial charge on any atom is -0.354 e. The quantitative estimate of drug-likeness (QED) is 0.665. The maximum Gasteiger partial charge on any atom is 0.246 e. The van der Waals surface area contributed by atoms with Gasteiger partial charge in [0.2, 0.25) is 15.9 Å². The summed E-state index contributed by atoms with van der Waals surface area (Å²) in [5.74, 6) is -0.249. The number of fused-ring (bicyclic) bond motifs is 1. The second-order valence-corrected chi connectivity index (χ2v) is 9.08. The van der Waals surface area contributed by atoms with Crippen molar-refractivity contribution in [2.24, 2.45) is 0 Å². The fourth-order valence-corrected chi connectivity index (χ4v) is 5.91. The molecule has 1 aliphatic rings. The van der Waals surface area contributed by atoms with Crippen LogP contribution in [-0.2, 0) is 21.2 Å². The molecule has 1 amide bonds. The first-order valence-corrected chi connectivity index (χ1v) is 11.3. The van der Waals surface area contributed by atoms with Crippen LogP contribution in [0, 0.1) is 0 Å². The summed E-state index contributed by atoms with van der Waals surface area (Å²) in [5.41, 5.74) is 2.04. The van der Waals surface area contributed by atoms with Crippen molar-refractivity contribution in [1.29, 1.82) is 0 Å². The van der Waals surface area contributed by atoms with Gasteiger partial charge in [-0.1, -0.05) is 36.4 Å². The van der Waals surface area contributed by atoms with Crippen molar-refractivity contribution in [2.45, 2.75) is 30.2 Å². The lowest BCUT2D eigenvalue weighted by Gasteiger charge is -2.23. The molecule has 1 atom stereocenters. The number of carbonyl (C=O) groups excluding carboxylic acids is 1. The van der Waals surface area contributed by atoms with Crippen LogP contribution in [0.2, 0.25) is 0 Å². The highest BCUT2D eigenvalue weighted by Gasteiger charge is 2.40. The van der Waals surface area contributed by atoms with Crippen molar-refractivity contribution in [2.75, 3.05) is 13.1 Å². The summed E-state index contributed by atoms with van der Waals surface area (Å²) in [5, 5.41) is 2.89. The molecule has 0 aliphatic carbocycles.